The molecule has 1 aromatic heterocycles. The summed E-state index contributed by atoms with van der Waals surface area (Å²) in [5.74, 6) is 1.08. The summed E-state index contributed by atoms with van der Waals surface area (Å²) in [7, 11) is 1.56. The quantitative estimate of drug-likeness (QED) is 0.441. The van der Waals surface area contributed by atoms with Crippen molar-refractivity contribution >= 4 is 17.3 Å². The number of halogens is 1. The lowest BCUT2D eigenvalue weighted by Crippen LogP contribution is -2.21. The van der Waals surface area contributed by atoms with Gasteiger partial charge in [-0.2, -0.15) is 9.89 Å². The Morgan fingerprint density at radius 2 is 2.11 bits per heavy atom. The van der Waals surface area contributed by atoms with Gasteiger partial charge in [0.1, 0.15) is 12.7 Å². The molecule has 2 aromatic carbocycles. The number of nitrogens with zero attached hydrogens (tertiary/aromatic N) is 2. The van der Waals surface area contributed by atoms with Gasteiger partial charge in [0, 0.05) is 22.6 Å². The third-order valence-electron chi connectivity index (χ3n) is 4.53. The van der Waals surface area contributed by atoms with Crippen molar-refractivity contribution < 1.29 is 19.7 Å². The first kappa shape index (κ1) is 18.6. The fraction of sp³-hybridized carbons (Fsp3) is 0.250. The van der Waals surface area contributed by atoms with Crippen molar-refractivity contribution in [1.82, 2.24) is 9.89 Å². The number of aliphatic hydroxyl groups excluding tert-OH is 2. The zero-order valence-corrected chi connectivity index (χ0v) is 16.0. The average Bonchev–Trinajstić information content (AvgIpc) is 3.22. The highest BCUT2D eigenvalue weighted by Gasteiger charge is 2.25. The van der Waals surface area contributed by atoms with E-state index >= 15 is 0 Å². The first-order valence-corrected chi connectivity index (χ1v) is 9.19. The standard InChI is InChI=1S/C20H20ClN3O4/c1-27-18-8-17-12(6-19(18)28-11-16(26)10-25)5-13-9-24(23-20(13)17)22-15-4-2-3-14(21)7-15/h2-4,6-9,16,22,25-26H,5,10-11H2,1H3. The van der Waals surface area contributed by atoms with Crippen LogP contribution in [0.25, 0.3) is 11.3 Å². The van der Waals surface area contributed by atoms with Crippen LogP contribution in [-0.2, 0) is 6.42 Å². The van der Waals surface area contributed by atoms with Gasteiger partial charge in [-0.25, -0.2) is 0 Å². The maximum Gasteiger partial charge on any atom is 0.161 e. The molecule has 0 saturated heterocycles. The van der Waals surface area contributed by atoms with Crippen LogP contribution < -0.4 is 14.9 Å². The van der Waals surface area contributed by atoms with Crippen molar-refractivity contribution in [3.8, 4) is 22.8 Å². The number of methoxy groups -OCH3 is 1. The number of fused-ring (bicyclic) bond motifs is 3. The number of hydrogen-bond donors (Lipinski definition) is 3. The van der Waals surface area contributed by atoms with E-state index in [2.05, 4.69) is 10.5 Å². The van der Waals surface area contributed by atoms with Gasteiger partial charge in [-0.1, -0.05) is 17.7 Å². The van der Waals surface area contributed by atoms with Crippen molar-refractivity contribution in [2.45, 2.75) is 12.5 Å². The Kier molecular flexibility index (Phi) is 5.13. The third kappa shape index (κ3) is 3.64. The second-order valence-electron chi connectivity index (χ2n) is 6.55. The molecule has 1 aliphatic carbocycles. The van der Waals surface area contributed by atoms with Crippen LogP contribution in [0.2, 0.25) is 5.02 Å². The van der Waals surface area contributed by atoms with Crippen LogP contribution in [0.1, 0.15) is 11.1 Å². The maximum atomic E-state index is 9.51. The van der Waals surface area contributed by atoms with E-state index in [1.807, 2.05) is 42.6 Å². The Morgan fingerprint density at radius 1 is 1.25 bits per heavy atom. The predicted molar refractivity (Wildman–Crippen MR) is 106 cm³/mol. The molecule has 7 nitrogen and oxygen atoms in total. The maximum absolute atomic E-state index is 9.51. The molecule has 0 radical (unpaired) electrons. The highest BCUT2D eigenvalue weighted by Crippen LogP contribution is 2.42. The van der Waals surface area contributed by atoms with E-state index in [0.29, 0.717) is 22.9 Å². The summed E-state index contributed by atoms with van der Waals surface area (Å²) in [6, 6.07) is 11.2. The lowest BCUT2D eigenvalue weighted by atomic mass is 10.1. The molecule has 1 heterocycles. The largest absolute Gasteiger partial charge is 0.493 e. The van der Waals surface area contributed by atoms with Crippen LogP contribution in [0.15, 0.2) is 42.6 Å². The van der Waals surface area contributed by atoms with Gasteiger partial charge in [-0.05, 0) is 35.9 Å². The van der Waals surface area contributed by atoms with Crippen LogP contribution in [0.3, 0.4) is 0 Å². The van der Waals surface area contributed by atoms with Gasteiger partial charge in [0.15, 0.2) is 11.5 Å². The van der Waals surface area contributed by atoms with E-state index < -0.39 is 6.10 Å². The van der Waals surface area contributed by atoms with Crippen molar-refractivity contribution in [3.05, 3.63) is 58.7 Å². The SMILES string of the molecule is COc1cc2c(cc1OCC(O)CO)Cc1cn(Nc3cccc(Cl)c3)nc1-2. The minimum atomic E-state index is -0.935. The Bertz CT molecular complexity index is 1010. The molecule has 3 N–H and O–H groups in total. The van der Waals surface area contributed by atoms with Crippen molar-refractivity contribution in [1.29, 1.82) is 0 Å². The molecule has 3 aromatic rings. The number of hydrogen-bond acceptors (Lipinski definition) is 6. The van der Waals surface area contributed by atoms with Crippen LogP contribution in [0, 0.1) is 0 Å². The van der Waals surface area contributed by atoms with E-state index in [1.165, 1.54) is 0 Å². The third-order valence-corrected chi connectivity index (χ3v) is 4.76. The van der Waals surface area contributed by atoms with Gasteiger partial charge < -0.3 is 19.7 Å². The molecule has 28 heavy (non-hydrogen) atoms. The molecule has 0 bridgehead atoms. The molecule has 0 spiro atoms. The van der Waals surface area contributed by atoms with Crippen LogP contribution >= 0.6 is 11.6 Å². The Hall–Kier alpha value is -2.74. The molecule has 1 aliphatic rings. The first-order valence-electron chi connectivity index (χ1n) is 8.81. The Morgan fingerprint density at radius 3 is 2.86 bits per heavy atom. The summed E-state index contributed by atoms with van der Waals surface area (Å²) < 4.78 is 11.0. The monoisotopic (exact) mass is 401 g/mol. The number of anilines is 1. The summed E-state index contributed by atoms with van der Waals surface area (Å²) in [6.07, 6.45) is 1.72. The molecule has 1 unspecified atom stereocenters. The van der Waals surface area contributed by atoms with Gasteiger partial charge in [-0.3, -0.25) is 5.43 Å². The van der Waals surface area contributed by atoms with Gasteiger partial charge in [0.05, 0.1) is 31.3 Å². The van der Waals surface area contributed by atoms with Crippen LogP contribution in [0.5, 0.6) is 11.5 Å². The molecule has 0 saturated carbocycles. The highest BCUT2D eigenvalue weighted by atomic mass is 35.5. The number of rotatable bonds is 7. The number of ether oxygens (including phenoxy) is 2. The minimum Gasteiger partial charge on any atom is -0.493 e. The van der Waals surface area contributed by atoms with Gasteiger partial charge in [0.2, 0.25) is 0 Å². The van der Waals surface area contributed by atoms with E-state index in [-0.39, 0.29) is 13.2 Å². The number of benzene rings is 2. The molecule has 1 atom stereocenters. The average molecular weight is 402 g/mol. The van der Waals surface area contributed by atoms with Gasteiger partial charge >= 0.3 is 0 Å². The topological polar surface area (TPSA) is 88.8 Å². The van der Waals surface area contributed by atoms with Crippen LogP contribution in [-0.4, -0.2) is 46.5 Å². The van der Waals surface area contributed by atoms with E-state index in [1.54, 1.807) is 11.9 Å². The smallest absolute Gasteiger partial charge is 0.161 e. The number of aromatic nitrogens is 2. The summed E-state index contributed by atoms with van der Waals surface area (Å²) in [6.45, 7) is -0.362. The Labute approximate surface area is 167 Å². The van der Waals surface area contributed by atoms with Crippen molar-refractivity contribution in [2.75, 3.05) is 25.7 Å². The summed E-state index contributed by atoms with van der Waals surface area (Å²) in [5.41, 5.74) is 8.06. The molecule has 4 rings (SSSR count). The first-order chi connectivity index (χ1) is 13.6. The second kappa shape index (κ2) is 7.71. The van der Waals surface area contributed by atoms with Crippen molar-refractivity contribution in [2.24, 2.45) is 0 Å². The van der Waals surface area contributed by atoms with Crippen LogP contribution in [0.4, 0.5) is 5.69 Å². The van der Waals surface area contributed by atoms with Gasteiger partial charge in [0.25, 0.3) is 0 Å². The minimum absolute atomic E-state index is 0.00732. The molecule has 0 fully saturated rings. The number of nitrogens with one attached hydrogen (secondary N) is 1. The second-order valence-corrected chi connectivity index (χ2v) is 6.99. The molecule has 146 valence electrons. The molecule has 0 aliphatic heterocycles. The lowest BCUT2D eigenvalue weighted by molar-refractivity contribution is 0.0527. The fourth-order valence-electron chi connectivity index (χ4n) is 3.20. The van der Waals surface area contributed by atoms with Gasteiger partial charge in [-0.15, -0.1) is 0 Å². The molecular weight excluding hydrogens is 382 g/mol. The van der Waals surface area contributed by atoms with E-state index in [0.717, 1.165) is 28.1 Å². The highest BCUT2D eigenvalue weighted by molar-refractivity contribution is 6.30. The number of aliphatic hydroxyl groups is 2. The molecule has 0 amide bonds. The Balaban J connectivity index is 1.59. The van der Waals surface area contributed by atoms with E-state index in [9.17, 15) is 5.11 Å². The lowest BCUT2D eigenvalue weighted by Gasteiger charge is -2.15. The van der Waals surface area contributed by atoms with E-state index in [4.69, 9.17) is 26.2 Å². The molecular formula is C20H20ClN3O4. The normalized spacial score (nSPS) is 13.0. The summed E-state index contributed by atoms with van der Waals surface area (Å²) in [4.78, 5) is 1.67. The zero-order valence-electron chi connectivity index (χ0n) is 15.2. The predicted octanol–water partition coefficient (Wildman–Crippen LogP) is 2.72. The summed E-state index contributed by atoms with van der Waals surface area (Å²) in [5, 5.41) is 23.8. The zero-order chi connectivity index (χ0) is 19.7. The fourth-order valence-corrected chi connectivity index (χ4v) is 3.39. The summed E-state index contributed by atoms with van der Waals surface area (Å²) >= 11 is 6.03. The molecule has 8 heteroatoms. The van der Waals surface area contributed by atoms with Crippen molar-refractivity contribution in [3.63, 3.8) is 0 Å².